The first-order valence-corrected chi connectivity index (χ1v) is 14.3. The molecule has 0 aromatic rings. The van der Waals surface area contributed by atoms with Crippen LogP contribution in [0.15, 0.2) is 0 Å². The van der Waals surface area contributed by atoms with Crippen molar-refractivity contribution in [3.8, 4) is 0 Å². The molecule has 5 nitrogen and oxygen atoms in total. The summed E-state index contributed by atoms with van der Waals surface area (Å²) in [6, 6.07) is 0. The van der Waals surface area contributed by atoms with Gasteiger partial charge in [0.05, 0.1) is 6.10 Å². The topological polar surface area (TPSA) is 72.8 Å². The molecule has 0 spiro atoms. The van der Waals surface area contributed by atoms with Gasteiger partial charge in [0.2, 0.25) is 0 Å². The molecule has 1 N–H and O–H groups in total. The van der Waals surface area contributed by atoms with Crippen LogP contribution in [0.25, 0.3) is 0 Å². The third kappa shape index (κ3) is 5.18. The van der Waals surface area contributed by atoms with Crippen LogP contribution in [-0.4, -0.2) is 34.9 Å². The van der Waals surface area contributed by atoms with Crippen molar-refractivity contribution in [2.45, 2.75) is 130 Å². The molecule has 0 amide bonds. The van der Waals surface area contributed by atoms with Gasteiger partial charge in [-0.2, -0.15) is 0 Å². The summed E-state index contributed by atoms with van der Waals surface area (Å²) in [6.07, 6.45) is 9.78. The number of fused-ring (bicyclic) bond motifs is 5. The van der Waals surface area contributed by atoms with Crippen LogP contribution in [-0.2, 0) is 19.1 Å². The summed E-state index contributed by atoms with van der Waals surface area (Å²) in [4.78, 5) is 23.9. The molecule has 4 rings (SSSR count). The number of hydrogen-bond donors (Lipinski definition) is 1. The van der Waals surface area contributed by atoms with Crippen molar-refractivity contribution in [1.82, 2.24) is 0 Å². The van der Waals surface area contributed by atoms with Gasteiger partial charge in [-0.05, 0) is 125 Å². The molecule has 4 aliphatic carbocycles. The fourth-order valence-corrected chi connectivity index (χ4v) is 9.44. The average Bonchev–Trinajstić information content (AvgIpc) is 3.09. The van der Waals surface area contributed by atoms with Gasteiger partial charge in [-0.25, -0.2) is 0 Å². The van der Waals surface area contributed by atoms with Crippen molar-refractivity contribution in [1.29, 1.82) is 0 Å². The second-order valence-corrected chi connectivity index (χ2v) is 14.1. The van der Waals surface area contributed by atoms with Crippen LogP contribution in [0.2, 0.25) is 0 Å². The molecule has 0 aliphatic heterocycles. The Balaban J connectivity index is 1.44. The summed E-state index contributed by atoms with van der Waals surface area (Å²) in [5, 5.41) is 11.5. The lowest BCUT2D eigenvalue weighted by molar-refractivity contribution is -0.182. The maximum absolute atomic E-state index is 12.3. The molecule has 200 valence electrons. The quantitative estimate of drug-likeness (QED) is 0.458. The third-order valence-electron chi connectivity index (χ3n) is 11.0. The van der Waals surface area contributed by atoms with E-state index in [1.165, 1.54) is 32.6 Å². The Morgan fingerprint density at radius 1 is 1.00 bits per heavy atom. The normalized spacial score (nSPS) is 43.9. The average molecular weight is 491 g/mol. The minimum atomic E-state index is -0.425. The maximum Gasteiger partial charge on any atom is 0.306 e. The van der Waals surface area contributed by atoms with Crippen LogP contribution in [0.4, 0.5) is 0 Å². The molecule has 0 aromatic carbocycles. The van der Waals surface area contributed by atoms with Crippen molar-refractivity contribution < 1.29 is 24.2 Å². The van der Waals surface area contributed by atoms with Crippen LogP contribution in [0, 0.1) is 46.3 Å². The Morgan fingerprint density at radius 2 is 1.66 bits per heavy atom. The van der Waals surface area contributed by atoms with Gasteiger partial charge in [0.25, 0.3) is 0 Å². The second kappa shape index (κ2) is 9.65. The monoisotopic (exact) mass is 490 g/mol. The van der Waals surface area contributed by atoms with Gasteiger partial charge in [0.1, 0.15) is 11.7 Å². The molecular formula is C30H50O5. The highest BCUT2D eigenvalue weighted by Gasteiger charge is 2.63. The van der Waals surface area contributed by atoms with Crippen molar-refractivity contribution in [2.24, 2.45) is 46.3 Å². The van der Waals surface area contributed by atoms with Crippen molar-refractivity contribution >= 4 is 11.9 Å². The number of carbonyl (C=O) groups excluding carboxylic acids is 2. The van der Waals surface area contributed by atoms with Crippen LogP contribution in [0.5, 0.6) is 0 Å². The van der Waals surface area contributed by atoms with E-state index in [-0.39, 0.29) is 35.0 Å². The Labute approximate surface area is 213 Å². The lowest BCUT2D eigenvalue weighted by atomic mass is 9.43. The molecule has 10 unspecified atom stereocenters. The number of carbonyl (C=O) groups is 2. The summed E-state index contributed by atoms with van der Waals surface area (Å²) in [5.74, 6) is 2.76. The Kier molecular flexibility index (Phi) is 7.43. The molecule has 0 bridgehead atoms. The Bertz CT molecular complexity index is 801. The fourth-order valence-electron chi connectivity index (χ4n) is 9.44. The molecule has 35 heavy (non-hydrogen) atoms. The second-order valence-electron chi connectivity index (χ2n) is 14.1. The molecule has 4 aliphatic rings. The van der Waals surface area contributed by atoms with Crippen LogP contribution >= 0.6 is 0 Å². The predicted octanol–water partition coefficient (Wildman–Crippen LogP) is 6.31. The lowest BCUT2D eigenvalue weighted by Gasteiger charge is -2.62. The highest BCUT2D eigenvalue weighted by atomic mass is 16.6. The first-order chi connectivity index (χ1) is 16.2. The van der Waals surface area contributed by atoms with E-state index in [2.05, 4.69) is 20.8 Å². The smallest absolute Gasteiger partial charge is 0.306 e. The maximum atomic E-state index is 12.3. The summed E-state index contributed by atoms with van der Waals surface area (Å²) >= 11 is 0. The Morgan fingerprint density at radius 3 is 2.31 bits per heavy atom. The van der Waals surface area contributed by atoms with E-state index < -0.39 is 5.60 Å². The molecule has 4 fully saturated rings. The summed E-state index contributed by atoms with van der Waals surface area (Å²) in [7, 11) is 0. The van der Waals surface area contributed by atoms with Gasteiger partial charge in [-0.15, -0.1) is 0 Å². The lowest BCUT2D eigenvalue weighted by Crippen LogP contribution is -2.58. The SMILES string of the molecule is CC(=O)OC1CCC2(C)C(C1)CC(O)C1C2CCC2(C)C(C(C)CCC(=O)OC(C)(C)C)CCC12. The summed E-state index contributed by atoms with van der Waals surface area (Å²) in [5.41, 5.74) is 0.0570. The molecule has 0 saturated heterocycles. The number of hydrogen-bond acceptors (Lipinski definition) is 5. The van der Waals surface area contributed by atoms with Gasteiger partial charge in [-0.1, -0.05) is 20.8 Å². The first-order valence-electron chi connectivity index (χ1n) is 14.3. The minimum Gasteiger partial charge on any atom is -0.463 e. The van der Waals surface area contributed by atoms with Gasteiger partial charge >= 0.3 is 11.9 Å². The standard InChI is InChI=1S/C30H50O5/c1-18(8-11-26(33)35-28(3,4)5)22-9-10-23-27-24(13-15-30(22,23)7)29(6)14-12-21(34-19(2)31)16-20(29)17-25(27)32/h18,20-25,27,32H,8-17H2,1-7H3. The van der Waals surface area contributed by atoms with Crippen LogP contribution in [0.1, 0.15) is 113 Å². The van der Waals surface area contributed by atoms with E-state index in [0.29, 0.717) is 41.9 Å². The van der Waals surface area contributed by atoms with Crippen LogP contribution < -0.4 is 0 Å². The zero-order valence-corrected chi connectivity index (χ0v) is 23.3. The van der Waals surface area contributed by atoms with E-state index in [4.69, 9.17) is 9.47 Å². The molecule has 10 atom stereocenters. The first kappa shape index (κ1) is 26.9. The number of ether oxygens (including phenoxy) is 2. The highest BCUT2D eigenvalue weighted by Crippen LogP contribution is 2.68. The molecule has 0 aromatic heterocycles. The van der Waals surface area contributed by atoms with E-state index in [0.717, 1.165) is 32.1 Å². The predicted molar refractivity (Wildman–Crippen MR) is 136 cm³/mol. The van der Waals surface area contributed by atoms with Gasteiger partial charge in [0.15, 0.2) is 0 Å². The fraction of sp³-hybridized carbons (Fsp3) is 0.933. The summed E-state index contributed by atoms with van der Waals surface area (Å²) < 4.78 is 11.2. The van der Waals surface area contributed by atoms with Crippen molar-refractivity contribution in [2.75, 3.05) is 0 Å². The number of aliphatic hydroxyl groups is 1. The Hall–Kier alpha value is -1.10. The van der Waals surface area contributed by atoms with Gasteiger partial charge in [0, 0.05) is 13.3 Å². The van der Waals surface area contributed by atoms with E-state index in [1.807, 2.05) is 20.8 Å². The number of esters is 2. The zero-order chi connectivity index (χ0) is 25.8. The number of rotatable bonds is 5. The van der Waals surface area contributed by atoms with E-state index in [1.54, 1.807) is 0 Å². The molecule has 4 saturated carbocycles. The molecule has 0 radical (unpaired) electrons. The largest absolute Gasteiger partial charge is 0.463 e. The molecule has 0 heterocycles. The van der Waals surface area contributed by atoms with Gasteiger partial charge in [-0.3, -0.25) is 9.59 Å². The molecular weight excluding hydrogens is 440 g/mol. The zero-order valence-electron chi connectivity index (χ0n) is 23.3. The minimum absolute atomic E-state index is 0.0184. The molecule has 5 heteroatoms. The van der Waals surface area contributed by atoms with Gasteiger partial charge < -0.3 is 14.6 Å². The van der Waals surface area contributed by atoms with E-state index >= 15 is 0 Å². The number of aliphatic hydroxyl groups excluding tert-OH is 1. The highest BCUT2D eigenvalue weighted by molar-refractivity contribution is 5.69. The summed E-state index contributed by atoms with van der Waals surface area (Å²) in [6.45, 7) is 14.6. The van der Waals surface area contributed by atoms with Crippen molar-refractivity contribution in [3.63, 3.8) is 0 Å². The van der Waals surface area contributed by atoms with Crippen LogP contribution in [0.3, 0.4) is 0 Å². The third-order valence-corrected chi connectivity index (χ3v) is 11.0. The van der Waals surface area contributed by atoms with E-state index in [9.17, 15) is 14.7 Å². The van der Waals surface area contributed by atoms with Crippen molar-refractivity contribution in [3.05, 3.63) is 0 Å².